The van der Waals surface area contributed by atoms with Gasteiger partial charge in [0.05, 0.1) is 5.69 Å². The average Bonchev–Trinajstić information content (AvgIpc) is 3.13. The minimum absolute atomic E-state index is 0.668. The molecule has 0 radical (unpaired) electrons. The van der Waals surface area contributed by atoms with Gasteiger partial charge in [0.1, 0.15) is 11.6 Å². The molecule has 0 saturated heterocycles. The maximum absolute atomic E-state index is 4.60. The average molecular weight is 257 g/mol. The molecule has 1 fully saturated rings. The van der Waals surface area contributed by atoms with E-state index in [1.54, 1.807) is 0 Å². The Hall–Kier alpha value is -1.91. The summed E-state index contributed by atoms with van der Waals surface area (Å²) in [6.45, 7) is 4.96. The lowest BCUT2D eigenvalue weighted by atomic mass is 10.3. The number of nitrogens with one attached hydrogen (secondary N) is 1. The normalized spacial score (nSPS) is 14.6. The van der Waals surface area contributed by atoms with Gasteiger partial charge in [0.15, 0.2) is 5.82 Å². The number of rotatable bonds is 5. The summed E-state index contributed by atoms with van der Waals surface area (Å²) in [4.78, 5) is 8.84. The zero-order chi connectivity index (χ0) is 13.2. The van der Waals surface area contributed by atoms with Crippen LogP contribution in [0.5, 0.6) is 0 Å². The molecule has 0 spiro atoms. The molecule has 2 aromatic heterocycles. The smallest absolute Gasteiger partial charge is 0.159 e. The number of hydrogen-bond acceptors (Lipinski definition) is 4. The second kappa shape index (κ2) is 4.99. The molecule has 1 aliphatic carbocycles. The summed E-state index contributed by atoms with van der Waals surface area (Å²) >= 11 is 0. The van der Waals surface area contributed by atoms with Gasteiger partial charge in [-0.15, -0.1) is 0 Å². The predicted octanol–water partition coefficient (Wildman–Crippen LogP) is 2.67. The van der Waals surface area contributed by atoms with Gasteiger partial charge in [-0.2, -0.15) is 5.10 Å². The van der Waals surface area contributed by atoms with E-state index in [1.165, 1.54) is 18.5 Å². The Morgan fingerprint density at radius 3 is 2.95 bits per heavy atom. The van der Waals surface area contributed by atoms with Gasteiger partial charge in [-0.25, -0.2) is 14.6 Å². The van der Waals surface area contributed by atoms with Crippen molar-refractivity contribution in [3.63, 3.8) is 0 Å². The van der Waals surface area contributed by atoms with E-state index < -0.39 is 0 Å². The van der Waals surface area contributed by atoms with E-state index in [2.05, 4.69) is 33.4 Å². The fourth-order valence-corrected chi connectivity index (χ4v) is 2.08. The van der Waals surface area contributed by atoms with Crippen LogP contribution in [0.25, 0.3) is 5.82 Å². The molecule has 3 rings (SSSR count). The van der Waals surface area contributed by atoms with Crippen LogP contribution >= 0.6 is 0 Å². The van der Waals surface area contributed by atoms with E-state index in [0.29, 0.717) is 5.92 Å². The quantitative estimate of drug-likeness (QED) is 0.894. The molecule has 1 N–H and O–H groups in total. The first-order chi connectivity index (χ1) is 9.26. The molecule has 0 atom stereocenters. The Morgan fingerprint density at radius 1 is 1.37 bits per heavy atom. The van der Waals surface area contributed by atoms with Crippen LogP contribution in [0.2, 0.25) is 0 Å². The van der Waals surface area contributed by atoms with Crippen LogP contribution in [0.1, 0.15) is 43.6 Å². The molecule has 0 amide bonds. The molecule has 0 bridgehead atoms. The van der Waals surface area contributed by atoms with Crippen molar-refractivity contribution < 1.29 is 0 Å². The standard InChI is InChI=1S/C14H19N5/c1-3-7-15-13-9-14(17-10(2)16-13)19-8-6-12(18-19)11-4-5-11/h6,8-9,11H,3-5,7H2,1-2H3,(H,15,16,17). The van der Waals surface area contributed by atoms with Gasteiger partial charge in [-0.1, -0.05) is 6.92 Å². The SMILES string of the molecule is CCCNc1cc(-n2ccc(C3CC3)n2)nc(C)n1. The van der Waals surface area contributed by atoms with Crippen molar-refractivity contribution in [2.45, 2.75) is 39.0 Å². The highest BCUT2D eigenvalue weighted by molar-refractivity contribution is 5.41. The topological polar surface area (TPSA) is 55.6 Å². The molecule has 2 aromatic rings. The monoisotopic (exact) mass is 257 g/mol. The molecular formula is C14H19N5. The van der Waals surface area contributed by atoms with E-state index in [1.807, 2.05) is 23.9 Å². The maximum atomic E-state index is 4.60. The largest absolute Gasteiger partial charge is 0.370 e. The first-order valence-corrected chi connectivity index (χ1v) is 6.92. The fraction of sp³-hybridized carbons (Fsp3) is 0.500. The highest BCUT2D eigenvalue weighted by atomic mass is 15.3. The first-order valence-electron chi connectivity index (χ1n) is 6.92. The number of aromatic nitrogens is 4. The lowest BCUT2D eigenvalue weighted by Crippen LogP contribution is -2.07. The van der Waals surface area contributed by atoms with Crippen LogP contribution < -0.4 is 5.32 Å². The molecule has 1 saturated carbocycles. The van der Waals surface area contributed by atoms with Crippen molar-refractivity contribution in [1.82, 2.24) is 19.7 Å². The van der Waals surface area contributed by atoms with Crippen LogP contribution in [0.4, 0.5) is 5.82 Å². The van der Waals surface area contributed by atoms with Gasteiger partial charge in [-0.3, -0.25) is 0 Å². The van der Waals surface area contributed by atoms with E-state index in [0.717, 1.165) is 30.4 Å². The molecule has 0 unspecified atom stereocenters. The van der Waals surface area contributed by atoms with Crippen molar-refractivity contribution in [3.05, 3.63) is 29.8 Å². The molecule has 1 aliphatic rings. The number of aryl methyl sites for hydroxylation is 1. The Bertz CT molecular complexity index is 571. The second-order valence-electron chi connectivity index (χ2n) is 5.04. The van der Waals surface area contributed by atoms with E-state index in [-0.39, 0.29) is 0 Å². The minimum atomic E-state index is 0.668. The van der Waals surface area contributed by atoms with E-state index >= 15 is 0 Å². The van der Waals surface area contributed by atoms with Crippen molar-refractivity contribution in [2.75, 3.05) is 11.9 Å². The van der Waals surface area contributed by atoms with Gasteiger partial charge in [0.25, 0.3) is 0 Å². The fourth-order valence-electron chi connectivity index (χ4n) is 2.08. The Kier molecular flexibility index (Phi) is 3.19. The summed E-state index contributed by atoms with van der Waals surface area (Å²) in [5.41, 5.74) is 1.18. The molecule has 2 heterocycles. The van der Waals surface area contributed by atoms with Gasteiger partial charge < -0.3 is 5.32 Å². The van der Waals surface area contributed by atoms with E-state index in [9.17, 15) is 0 Å². The third-order valence-corrected chi connectivity index (χ3v) is 3.22. The van der Waals surface area contributed by atoms with Crippen LogP contribution in [0.3, 0.4) is 0 Å². The molecule has 5 nitrogen and oxygen atoms in total. The van der Waals surface area contributed by atoms with Crippen molar-refractivity contribution >= 4 is 5.82 Å². The Labute approximate surface area is 113 Å². The van der Waals surface area contributed by atoms with Gasteiger partial charge in [0, 0.05) is 24.7 Å². The Morgan fingerprint density at radius 2 is 2.21 bits per heavy atom. The van der Waals surface area contributed by atoms with Crippen LogP contribution in [0.15, 0.2) is 18.3 Å². The number of nitrogens with zero attached hydrogens (tertiary/aromatic N) is 4. The number of hydrogen-bond donors (Lipinski definition) is 1. The summed E-state index contributed by atoms with van der Waals surface area (Å²) in [6, 6.07) is 4.04. The summed E-state index contributed by atoms with van der Waals surface area (Å²) in [6.07, 6.45) is 5.59. The third kappa shape index (κ3) is 2.75. The molecule has 100 valence electrons. The zero-order valence-electron chi connectivity index (χ0n) is 11.4. The Balaban J connectivity index is 1.87. The summed E-state index contributed by atoms with van der Waals surface area (Å²) in [5.74, 6) is 3.13. The van der Waals surface area contributed by atoms with Crippen molar-refractivity contribution in [1.29, 1.82) is 0 Å². The minimum Gasteiger partial charge on any atom is -0.370 e. The van der Waals surface area contributed by atoms with Crippen LogP contribution in [-0.4, -0.2) is 26.3 Å². The highest BCUT2D eigenvalue weighted by Gasteiger charge is 2.26. The second-order valence-corrected chi connectivity index (χ2v) is 5.04. The lowest BCUT2D eigenvalue weighted by Gasteiger charge is -2.07. The summed E-state index contributed by atoms with van der Waals surface area (Å²) in [5, 5.41) is 7.90. The maximum Gasteiger partial charge on any atom is 0.159 e. The molecule has 0 aromatic carbocycles. The zero-order valence-corrected chi connectivity index (χ0v) is 11.4. The lowest BCUT2D eigenvalue weighted by molar-refractivity contribution is 0.799. The van der Waals surface area contributed by atoms with Gasteiger partial charge in [0.2, 0.25) is 0 Å². The van der Waals surface area contributed by atoms with E-state index in [4.69, 9.17) is 0 Å². The third-order valence-electron chi connectivity index (χ3n) is 3.22. The molecular weight excluding hydrogens is 238 g/mol. The molecule has 5 heteroatoms. The van der Waals surface area contributed by atoms with Gasteiger partial charge >= 0.3 is 0 Å². The predicted molar refractivity (Wildman–Crippen MR) is 74.6 cm³/mol. The van der Waals surface area contributed by atoms with Crippen molar-refractivity contribution in [3.8, 4) is 5.82 Å². The summed E-state index contributed by atoms with van der Waals surface area (Å²) in [7, 11) is 0. The van der Waals surface area contributed by atoms with Crippen LogP contribution in [0, 0.1) is 6.92 Å². The van der Waals surface area contributed by atoms with Crippen LogP contribution in [-0.2, 0) is 0 Å². The number of anilines is 1. The first kappa shape index (κ1) is 12.1. The summed E-state index contributed by atoms with van der Waals surface area (Å²) < 4.78 is 1.85. The van der Waals surface area contributed by atoms with Crippen molar-refractivity contribution in [2.24, 2.45) is 0 Å². The highest BCUT2D eigenvalue weighted by Crippen LogP contribution is 2.38. The molecule has 0 aliphatic heterocycles. The van der Waals surface area contributed by atoms with Gasteiger partial charge in [-0.05, 0) is 32.3 Å². The molecule has 19 heavy (non-hydrogen) atoms.